The molecule has 0 bridgehead atoms. The van der Waals surface area contributed by atoms with E-state index in [1.54, 1.807) is 24.3 Å². The number of hydrogen-bond donors (Lipinski definition) is 1. The highest BCUT2D eigenvalue weighted by molar-refractivity contribution is 5.94. The van der Waals surface area contributed by atoms with Crippen LogP contribution >= 0.6 is 0 Å². The average molecular weight is 324 g/mol. The number of rotatable bonds is 5. The van der Waals surface area contributed by atoms with Gasteiger partial charge in [0.15, 0.2) is 6.61 Å². The van der Waals surface area contributed by atoms with Crippen LogP contribution in [0.3, 0.4) is 0 Å². The van der Waals surface area contributed by atoms with Crippen molar-refractivity contribution >= 4 is 17.5 Å². The molecule has 0 aromatic heterocycles. The van der Waals surface area contributed by atoms with Crippen LogP contribution in [0.25, 0.3) is 0 Å². The average Bonchev–Trinajstić information content (AvgIpc) is 3.15. The summed E-state index contributed by atoms with van der Waals surface area (Å²) in [7, 11) is 0. The van der Waals surface area contributed by atoms with Gasteiger partial charge in [0.05, 0.1) is 0 Å². The first-order valence-corrected chi connectivity index (χ1v) is 8.09. The van der Waals surface area contributed by atoms with Crippen LogP contribution in [0.5, 0.6) is 5.75 Å². The van der Waals surface area contributed by atoms with Crippen LogP contribution < -0.4 is 10.1 Å². The van der Waals surface area contributed by atoms with Gasteiger partial charge in [-0.1, -0.05) is 18.2 Å². The predicted octanol–water partition coefficient (Wildman–Crippen LogP) is 2.94. The van der Waals surface area contributed by atoms with Gasteiger partial charge in [0, 0.05) is 24.3 Å². The first-order valence-electron chi connectivity index (χ1n) is 8.09. The molecule has 24 heavy (non-hydrogen) atoms. The molecule has 2 aromatic carbocycles. The van der Waals surface area contributed by atoms with Gasteiger partial charge in [-0.05, 0) is 49.2 Å². The second-order valence-electron chi connectivity index (χ2n) is 5.73. The number of anilines is 1. The summed E-state index contributed by atoms with van der Waals surface area (Å²) >= 11 is 0. The molecule has 1 heterocycles. The lowest BCUT2D eigenvalue weighted by atomic mass is 10.2. The van der Waals surface area contributed by atoms with Gasteiger partial charge in [0.2, 0.25) is 0 Å². The molecule has 0 atom stereocenters. The molecular weight excluding hydrogens is 304 g/mol. The SMILES string of the molecule is O=C(COc1ccc(C(=O)N2CCCC2)cc1)Nc1ccccc1. The van der Waals surface area contributed by atoms with Gasteiger partial charge < -0.3 is 15.0 Å². The highest BCUT2D eigenvalue weighted by Crippen LogP contribution is 2.16. The molecule has 0 radical (unpaired) electrons. The predicted molar refractivity (Wildman–Crippen MR) is 92.1 cm³/mol. The second kappa shape index (κ2) is 7.64. The van der Waals surface area contributed by atoms with E-state index in [2.05, 4.69) is 5.32 Å². The summed E-state index contributed by atoms with van der Waals surface area (Å²) in [6, 6.07) is 16.2. The van der Waals surface area contributed by atoms with Gasteiger partial charge >= 0.3 is 0 Å². The van der Waals surface area contributed by atoms with E-state index in [1.165, 1.54) is 0 Å². The molecule has 1 N–H and O–H groups in total. The van der Waals surface area contributed by atoms with E-state index in [9.17, 15) is 9.59 Å². The van der Waals surface area contributed by atoms with E-state index in [4.69, 9.17) is 4.74 Å². The molecule has 1 fully saturated rings. The zero-order valence-corrected chi connectivity index (χ0v) is 13.4. The summed E-state index contributed by atoms with van der Waals surface area (Å²) in [5.74, 6) is 0.399. The Hall–Kier alpha value is -2.82. The Morgan fingerprint density at radius 2 is 1.62 bits per heavy atom. The zero-order chi connectivity index (χ0) is 16.8. The lowest BCUT2D eigenvalue weighted by molar-refractivity contribution is -0.118. The van der Waals surface area contributed by atoms with E-state index >= 15 is 0 Å². The van der Waals surface area contributed by atoms with Gasteiger partial charge in [-0.25, -0.2) is 0 Å². The monoisotopic (exact) mass is 324 g/mol. The van der Waals surface area contributed by atoms with E-state index in [0.717, 1.165) is 31.6 Å². The molecule has 1 aliphatic rings. The Kier molecular flexibility index (Phi) is 5.11. The van der Waals surface area contributed by atoms with Crippen molar-refractivity contribution in [1.82, 2.24) is 4.90 Å². The van der Waals surface area contributed by atoms with Gasteiger partial charge in [-0.3, -0.25) is 9.59 Å². The van der Waals surface area contributed by atoms with Crippen molar-refractivity contribution in [3.8, 4) is 5.75 Å². The quantitative estimate of drug-likeness (QED) is 0.920. The van der Waals surface area contributed by atoms with Gasteiger partial charge in [0.1, 0.15) is 5.75 Å². The molecule has 0 aliphatic carbocycles. The molecule has 3 rings (SSSR count). The second-order valence-corrected chi connectivity index (χ2v) is 5.73. The minimum Gasteiger partial charge on any atom is -0.484 e. The molecule has 0 spiro atoms. The number of hydrogen-bond acceptors (Lipinski definition) is 3. The summed E-state index contributed by atoms with van der Waals surface area (Å²) in [5, 5.41) is 2.75. The molecule has 2 amide bonds. The standard InChI is InChI=1S/C19H20N2O3/c22-18(20-16-6-2-1-3-7-16)14-24-17-10-8-15(9-11-17)19(23)21-12-4-5-13-21/h1-3,6-11H,4-5,12-14H2,(H,20,22). The van der Waals surface area contributed by atoms with E-state index in [0.29, 0.717) is 11.3 Å². The van der Waals surface area contributed by atoms with Gasteiger partial charge in [0.25, 0.3) is 11.8 Å². The zero-order valence-electron chi connectivity index (χ0n) is 13.4. The molecule has 1 saturated heterocycles. The number of carbonyl (C=O) groups is 2. The normalized spacial score (nSPS) is 13.6. The fraction of sp³-hybridized carbons (Fsp3) is 0.263. The van der Waals surface area contributed by atoms with Crippen LogP contribution in [0.15, 0.2) is 54.6 Å². The topological polar surface area (TPSA) is 58.6 Å². The van der Waals surface area contributed by atoms with Gasteiger partial charge in [-0.15, -0.1) is 0 Å². The fourth-order valence-electron chi connectivity index (χ4n) is 2.66. The number of amides is 2. The maximum atomic E-state index is 12.2. The van der Waals surface area contributed by atoms with Crippen LogP contribution in [-0.2, 0) is 4.79 Å². The van der Waals surface area contributed by atoms with E-state index < -0.39 is 0 Å². The fourth-order valence-corrected chi connectivity index (χ4v) is 2.66. The van der Waals surface area contributed by atoms with E-state index in [1.807, 2.05) is 35.2 Å². The Bertz CT molecular complexity index is 692. The summed E-state index contributed by atoms with van der Waals surface area (Å²) in [5.41, 5.74) is 1.38. The summed E-state index contributed by atoms with van der Waals surface area (Å²) < 4.78 is 5.46. The van der Waals surface area contributed by atoms with Crippen molar-refractivity contribution in [3.63, 3.8) is 0 Å². The number of likely N-dealkylation sites (tertiary alicyclic amines) is 1. The highest BCUT2D eigenvalue weighted by Gasteiger charge is 2.19. The molecule has 5 nitrogen and oxygen atoms in total. The molecule has 124 valence electrons. The Balaban J connectivity index is 1.50. The Morgan fingerprint density at radius 1 is 0.958 bits per heavy atom. The molecular formula is C19H20N2O3. The number of nitrogens with zero attached hydrogens (tertiary/aromatic N) is 1. The number of nitrogens with one attached hydrogen (secondary N) is 1. The van der Waals surface area contributed by atoms with Crippen molar-refractivity contribution in [3.05, 3.63) is 60.2 Å². The lowest BCUT2D eigenvalue weighted by Gasteiger charge is -2.15. The molecule has 2 aromatic rings. The first-order chi connectivity index (χ1) is 11.7. The van der Waals surface area contributed by atoms with Crippen LogP contribution in [-0.4, -0.2) is 36.4 Å². The third kappa shape index (κ3) is 4.13. The first kappa shape index (κ1) is 16.1. The van der Waals surface area contributed by atoms with Crippen LogP contribution in [0.1, 0.15) is 23.2 Å². The summed E-state index contributed by atoms with van der Waals surface area (Å²) in [6.45, 7) is 1.59. The van der Waals surface area contributed by atoms with Crippen LogP contribution in [0.2, 0.25) is 0 Å². The number of benzene rings is 2. The van der Waals surface area contributed by atoms with Crippen LogP contribution in [0.4, 0.5) is 5.69 Å². The van der Waals surface area contributed by atoms with Crippen molar-refractivity contribution < 1.29 is 14.3 Å². The maximum Gasteiger partial charge on any atom is 0.262 e. The Morgan fingerprint density at radius 3 is 2.29 bits per heavy atom. The van der Waals surface area contributed by atoms with Crippen molar-refractivity contribution in [2.75, 3.05) is 25.0 Å². The third-order valence-electron chi connectivity index (χ3n) is 3.92. The number of para-hydroxylation sites is 1. The minimum absolute atomic E-state index is 0.0564. The van der Waals surface area contributed by atoms with E-state index in [-0.39, 0.29) is 18.4 Å². The minimum atomic E-state index is -0.224. The molecule has 1 aliphatic heterocycles. The largest absolute Gasteiger partial charge is 0.484 e. The number of carbonyl (C=O) groups excluding carboxylic acids is 2. The van der Waals surface area contributed by atoms with Crippen molar-refractivity contribution in [2.45, 2.75) is 12.8 Å². The maximum absolute atomic E-state index is 12.2. The molecule has 0 unspecified atom stereocenters. The highest BCUT2D eigenvalue weighted by atomic mass is 16.5. The smallest absolute Gasteiger partial charge is 0.262 e. The lowest BCUT2D eigenvalue weighted by Crippen LogP contribution is -2.27. The van der Waals surface area contributed by atoms with Crippen molar-refractivity contribution in [1.29, 1.82) is 0 Å². The van der Waals surface area contributed by atoms with Crippen molar-refractivity contribution in [2.24, 2.45) is 0 Å². The van der Waals surface area contributed by atoms with Gasteiger partial charge in [-0.2, -0.15) is 0 Å². The third-order valence-corrected chi connectivity index (χ3v) is 3.92. The molecule has 5 heteroatoms. The summed E-state index contributed by atoms with van der Waals surface area (Å²) in [6.07, 6.45) is 2.15. The summed E-state index contributed by atoms with van der Waals surface area (Å²) in [4.78, 5) is 26.0. The number of ether oxygens (including phenoxy) is 1. The molecule has 0 saturated carbocycles. The Labute approximate surface area is 141 Å². The van der Waals surface area contributed by atoms with Crippen LogP contribution in [0, 0.1) is 0 Å².